The van der Waals surface area contributed by atoms with Gasteiger partial charge < -0.3 is 24.5 Å². The Kier molecular flexibility index (Phi) is 7.35. The van der Waals surface area contributed by atoms with Crippen LogP contribution in [0.4, 0.5) is 11.4 Å². The van der Waals surface area contributed by atoms with Crippen LogP contribution < -0.4 is 9.80 Å². The number of hydrogen-bond acceptors (Lipinski definition) is 7. The molecular formula is C30H39N3O5S. The molecule has 0 aliphatic carbocycles. The third-order valence-corrected chi connectivity index (χ3v) is 10.7. The second-order valence-corrected chi connectivity index (χ2v) is 13.1. The van der Waals surface area contributed by atoms with E-state index in [4.69, 9.17) is 4.74 Å². The minimum Gasteiger partial charge on any atom is -0.461 e. The number of thioether (sulfide) groups is 1. The molecule has 4 heterocycles. The predicted octanol–water partition coefficient (Wildman–Crippen LogP) is 3.25. The number of cyclic esters (lactones) is 1. The number of hydrogen-bond donors (Lipinski definition) is 1. The van der Waals surface area contributed by atoms with Crippen LogP contribution in [0.5, 0.6) is 0 Å². The van der Waals surface area contributed by atoms with Crippen LogP contribution in [0.15, 0.2) is 48.6 Å². The molecule has 1 spiro atoms. The first kappa shape index (κ1) is 27.8. The minimum absolute atomic E-state index is 0.0889. The van der Waals surface area contributed by atoms with Gasteiger partial charge in [0.05, 0.1) is 29.2 Å². The van der Waals surface area contributed by atoms with Crippen LogP contribution in [0.1, 0.15) is 34.6 Å². The number of nitrogens with zero attached hydrogens (tertiary/aromatic N) is 3. The fourth-order valence-electron chi connectivity index (χ4n) is 6.94. The van der Waals surface area contributed by atoms with E-state index in [1.165, 1.54) is 11.8 Å². The highest BCUT2D eigenvalue weighted by molar-refractivity contribution is 8.02. The first-order chi connectivity index (χ1) is 18.6. The molecule has 2 fully saturated rings. The van der Waals surface area contributed by atoms with E-state index in [0.29, 0.717) is 6.54 Å². The Balaban J connectivity index is 1.62. The summed E-state index contributed by atoms with van der Waals surface area (Å²) in [5.74, 6) is -2.47. The topological polar surface area (TPSA) is 90.4 Å². The van der Waals surface area contributed by atoms with E-state index in [9.17, 15) is 19.5 Å². The zero-order chi connectivity index (χ0) is 28.1. The van der Waals surface area contributed by atoms with Crippen molar-refractivity contribution in [1.82, 2.24) is 4.90 Å². The number of aliphatic hydroxyl groups excluding tert-OH is 1. The maximum Gasteiger partial charge on any atom is 0.311 e. The molecule has 8 nitrogen and oxygen atoms in total. The Morgan fingerprint density at radius 2 is 1.74 bits per heavy atom. The van der Waals surface area contributed by atoms with Gasteiger partial charge in [0.2, 0.25) is 5.91 Å². The van der Waals surface area contributed by atoms with Gasteiger partial charge in [0, 0.05) is 35.8 Å². The van der Waals surface area contributed by atoms with E-state index in [1.54, 1.807) is 9.80 Å². The molecule has 210 valence electrons. The molecule has 0 aromatic heterocycles. The van der Waals surface area contributed by atoms with Crippen molar-refractivity contribution in [2.75, 3.05) is 42.6 Å². The summed E-state index contributed by atoms with van der Waals surface area (Å²) in [5, 5.41) is 10.4. The van der Waals surface area contributed by atoms with Crippen LogP contribution in [0.25, 0.3) is 0 Å². The number of aliphatic hydroxyl groups is 1. The summed E-state index contributed by atoms with van der Waals surface area (Å²) in [6, 6.07) is 6.52. The van der Waals surface area contributed by atoms with E-state index in [0.717, 1.165) is 24.5 Å². The largest absolute Gasteiger partial charge is 0.461 e. The molecule has 1 unspecified atom stereocenters. The number of carbonyl (C=O) groups excluding carboxylic acids is 3. The second-order valence-electron chi connectivity index (χ2n) is 11.3. The summed E-state index contributed by atoms with van der Waals surface area (Å²) < 4.78 is 3.84. The molecule has 4 aliphatic rings. The van der Waals surface area contributed by atoms with E-state index >= 15 is 0 Å². The predicted molar refractivity (Wildman–Crippen MR) is 154 cm³/mol. The highest BCUT2D eigenvalue weighted by Gasteiger charge is 2.74. The summed E-state index contributed by atoms with van der Waals surface area (Å²) in [6.45, 7) is 12.1. The zero-order valence-electron chi connectivity index (χ0n) is 23.4. The van der Waals surface area contributed by atoms with E-state index in [2.05, 4.69) is 18.7 Å². The summed E-state index contributed by atoms with van der Waals surface area (Å²) >= 11 is 1.52. The standard InChI is InChI=1S/C30H39N3O5S/c1-6-31(7-2)20-10-12-21(13-11-20)32-16-8-15-30-23(24-28(37)38-17-9-14-29(24,5)39-30)26(35)33(25(30)27(32)36)22(18-34)19(3)4/h8-15,19,22-25,34H,6-7,16-18H2,1-5H3/t22-,23-,24+,25?,29-,30-/m0/s1. The Morgan fingerprint density at radius 1 is 1.05 bits per heavy atom. The van der Waals surface area contributed by atoms with Crippen LogP contribution in [0.3, 0.4) is 0 Å². The monoisotopic (exact) mass is 553 g/mol. The Hall–Kier alpha value is -2.78. The number of carbonyl (C=O) groups is 3. The van der Waals surface area contributed by atoms with Crippen molar-refractivity contribution < 1.29 is 24.2 Å². The number of ether oxygens (including phenoxy) is 1. The molecule has 0 bridgehead atoms. The normalized spacial score (nSPS) is 32.5. The van der Waals surface area contributed by atoms with Crippen LogP contribution in [-0.2, 0) is 19.1 Å². The van der Waals surface area contributed by atoms with Crippen molar-refractivity contribution in [3.05, 3.63) is 48.6 Å². The molecule has 2 saturated heterocycles. The maximum absolute atomic E-state index is 14.6. The lowest BCUT2D eigenvalue weighted by Gasteiger charge is -2.40. The summed E-state index contributed by atoms with van der Waals surface area (Å²) in [4.78, 5) is 47.8. The number of benzene rings is 1. The van der Waals surface area contributed by atoms with Gasteiger partial charge in [-0.1, -0.05) is 32.1 Å². The van der Waals surface area contributed by atoms with Crippen LogP contribution in [-0.4, -0.2) is 82.2 Å². The van der Waals surface area contributed by atoms with Gasteiger partial charge in [0.15, 0.2) is 0 Å². The number of amides is 2. The molecule has 6 atom stereocenters. The van der Waals surface area contributed by atoms with E-state index in [1.807, 2.05) is 69.3 Å². The van der Waals surface area contributed by atoms with Crippen molar-refractivity contribution >= 4 is 40.9 Å². The molecule has 5 rings (SSSR count). The SMILES string of the molecule is CCN(CC)c1ccc(N2CC=C[C@]34S[C@@]5(C)C=CCOC(=O)[C@H]5[C@H]3C(=O)N([C@@H](CO)C(C)C)C4C2=O)cc1. The highest BCUT2D eigenvalue weighted by atomic mass is 32.2. The number of anilines is 2. The van der Waals surface area contributed by atoms with Crippen LogP contribution in [0.2, 0.25) is 0 Å². The van der Waals surface area contributed by atoms with Crippen molar-refractivity contribution in [1.29, 1.82) is 0 Å². The summed E-state index contributed by atoms with van der Waals surface area (Å²) in [5.41, 5.74) is 1.84. The fraction of sp³-hybridized carbons (Fsp3) is 0.567. The molecule has 2 amide bonds. The average molecular weight is 554 g/mol. The minimum atomic E-state index is -0.966. The molecule has 1 aromatic rings. The Labute approximate surface area is 235 Å². The third-order valence-electron chi connectivity index (χ3n) is 8.85. The highest BCUT2D eigenvalue weighted by Crippen LogP contribution is 2.65. The van der Waals surface area contributed by atoms with Gasteiger partial charge >= 0.3 is 5.97 Å². The molecule has 39 heavy (non-hydrogen) atoms. The van der Waals surface area contributed by atoms with Crippen LogP contribution >= 0.6 is 11.8 Å². The molecule has 0 saturated carbocycles. The van der Waals surface area contributed by atoms with Gasteiger partial charge in [-0.2, -0.15) is 0 Å². The van der Waals surface area contributed by atoms with Gasteiger partial charge in [-0.3, -0.25) is 14.4 Å². The third kappa shape index (κ3) is 4.20. The van der Waals surface area contributed by atoms with Gasteiger partial charge in [-0.15, -0.1) is 11.8 Å². The molecular weight excluding hydrogens is 514 g/mol. The summed E-state index contributed by atoms with van der Waals surface area (Å²) in [7, 11) is 0. The molecule has 4 aliphatic heterocycles. The number of fused-ring (bicyclic) bond motifs is 2. The molecule has 0 radical (unpaired) electrons. The fourth-order valence-corrected chi connectivity index (χ4v) is 9.08. The summed E-state index contributed by atoms with van der Waals surface area (Å²) in [6.07, 6.45) is 7.74. The van der Waals surface area contributed by atoms with Crippen molar-refractivity contribution in [3.8, 4) is 0 Å². The van der Waals surface area contributed by atoms with Gasteiger partial charge in [-0.25, -0.2) is 0 Å². The zero-order valence-corrected chi connectivity index (χ0v) is 24.2. The second kappa shape index (κ2) is 10.3. The lowest BCUT2D eigenvalue weighted by Crippen LogP contribution is -2.58. The number of rotatable bonds is 7. The van der Waals surface area contributed by atoms with Crippen molar-refractivity contribution in [3.63, 3.8) is 0 Å². The van der Waals surface area contributed by atoms with Gasteiger partial charge in [0.25, 0.3) is 5.91 Å². The molecule has 9 heteroatoms. The van der Waals surface area contributed by atoms with Crippen LogP contribution in [0, 0.1) is 17.8 Å². The lowest BCUT2D eigenvalue weighted by molar-refractivity contribution is -0.153. The van der Waals surface area contributed by atoms with Gasteiger partial charge in [0.1, 0.15) is 12.6 Å². The Bertz CT molecular complexity index is 1200. The smallest absolute Gasteiger partial charge is 0.311 e. The van der Waals surface area contributed by atoms with Gasteiger partial charge in [-0.05, 0) is 57.0 Å². The Morgan fingerprint density at radius 3 is 2.36 bits per heavy atom. The average Bonchev–Trinajstić information content (AvgIpc) is 3.16. The number of likely N-dealkylation sites (tertiary alicyclic amines) is 1. The number of esters is 1. The van der Waals surface area contributed by atoms with Crippen molar-refractivity contribution in [2.24, 2.45) is 17.8 Å². The maximum atomic E-state index is 14.6. The first-order valence-corrected chi connectivity index (χ1v) is 14.8. The lowest BCUT2D eigenvalue weighted by atomic mass is 9.75. The quantitative estimate of drug-likeness (QED) is 0.410. The molecule has 1 N–H and O–H groups in total. The van der Waals surface area contributed by atoms with Crippen molar-refractivity contribution in [2.45, 2.75) is 56.2 Å². The molecule has 1 aromatic carbocycles. The first-order valence-electron chi connectivity index (χ1n) is 13.9. The van der Waals surface area contributed by atoms with E-state index in [-0.39, 0.29) is 30.9 Å². The van der Waals surface area contributed by atoms with E-state index < -0.39 is 39.4 Å².